The molecule has 0 fully saturated rings. The van der Waals surface area contributed by atoms with E-state index < -0.39 is 12.1 Å². The summed E-state index contributed by atoms with van der Waals surface area (Å²) in [5, 5.41) is 0. The Kier molecular flexibility index (Phi) is 2.70. The molecule has 1 aliphatic rings. The van der Waals surface area contributed by atoms with Gasteiger partial charge in [-0.1, -0.05) is 0 Å². The molecule has 0 bridgehead atoms. The smallest absolute Gasteiger partial charge is 0.303 e. The van der Waals surface area contributed by atoms with E-state index in [0.717, 1.165) is 0 Å². The van der Waals surface area contributed by atoms with Gasteiger partial charge in [-0.05, 0) is 6.92 Å². The van der Waals surface area contributed by atoms with Gasteiger partial charge in [-0.25, -0.2) is 0 Å². The van der Waals surface area contributed by atoms with Crippen molar-refractivity contribution in [2.24, 2.45) is 0 Å². The highest BCUT2D eigenvalue weighted by molar-refractivity contribution is 6.02. The van der Waals surface area contributed by atoms with Crippen LogP contribution in [0.5, 0.6) is 0 Å². The van der Waals surface area contributed by atoms with Crippen LogP contribution in [0.2, 0.25) is 0 Å². The van der Waals surface area contributed by atoms with E-state index >= 15 is 0 Å². The Morgan fingerprint density at radius 3 is 2.54 bits per heavy atom. The summed E-state index contributed by atoms with van der Waals surface area (Å²) in [5.74, 6) is 0.00630. The standard InChI is InChI=1S/C9H12O4/c1-5-7(12-3)4-8(9(5)11)13-6(2)10/h8H,4H2,1-3H3. The van der Waals surface area contributed by atoms with Crippen LogP contribution in [0.25, 0.3) is 0 Å². The maximum absolute atomic E-state index is 11.4. The molecule has 0 N–H and O–H groups in total. The Bertz CT molecular complexity index is 277. The van der Waals surface area contributed by atoms with Gasteiger partial charge in [-0.15, -0.1) is 0 Å². The summed E-state index contributed by atoms with van der Waals surface area (Å²) in [6, 6.07) is 0. The predicted molar refractivity (Wildman–Crippen MR) is 44.9 cm³/mol. The molecule has 0 saturated heterocycles. The monoisotopic (exact) mass is 184 g/mol. The van der Waals surface area contributed by atoms with Crippen molar-refractivity contribution in [3.05, 3.63) is 11.3 Å². The minimum atomic E-state index is -0.674. The van der Waals surface area contributed by atoms with Gasteiger partial charge in [0.25, 0.3) is 0 Å². The third kappa shape index (κ3) is 1.88. The molecule has 0 aliphatic heterocycles. The molecule has 0 spiro atoms. The van der Waals surface area contributed by atoms with Gasteiger partial charge in [0, 0.05) is 12.5 Å². The number of Topliss-reactive ketones (excluding diaryl/α,β-unsaturated/α-hetero) is 1. The van der Waals surface area contributed by atoms with E-state index in [-0.39, 0.29) is 5.78 Å². The molecule has 13 heavy (non-hydrogen) atoms. The third-order valence-electron chi connectivity index (χ3n) is 2.01. The van der Waals surface area contributed by atoms with E-state index in [1.54, 1.807) is 6.92 Å². The van der Waals surface area contributed by atoms with Crippen LogP contribution in [0, 0.1) is 0 Å². The minimum absolute atomic E-state index is 0.160. The molecule has 0 saturated carbocycles. The van der Waals surface area contributed by atoms with Gasteiger partial charge in [0.2, 0.25) is 5.78 Å². The first-order chi connectivity index (χ1) is 6.06. The summed E-state index contributed by atoms with van der Waals surface area (Å²) in [6.45, 7) is 2.96. The number of carbonyl (C=O) groups excluding carboxylic acids is 2. The zero-order valence-electron chi connectivity index (χ0n) is 7.92. The van der Waals surface area contributed by atoms with Crippen molar-refractivity contribution >= 4 is 11.8 Å². The fourth-order valence-electron chi connectivity index (χ4n) is 1.33. The van der Waals surface area contributed by atoms with Crippen LogP contribution < -0.4 is 0 Å². The van der Waals surface area contributed by atoms with Gasteiger partial charge >= 0.3 is 5.97 Å². The lowest BCUT2D eigenvalue weighted by atomic mass is 10.2. The molecule has 0 aromatic heterocycles. The number of rotatable bonds is 2. The first kappa shape index (κ1) is 9.77. The normalized spacial score (nSPS) is 22.1. The third-order valence-corrected chi connectivity index (χ3v) is 2.01. The van der Waals surface area contributed by atoms with Gasteiger partial charge in [0.15, 0.2) is 6.10 Å². The lowest BCUT2D eigenvalue weighted by molar-refractivity contribution is -0.151. The summed E-state index contributed by atoms with van der Waals surface area (Å²) >= 11 is 0. The molecule has 4 nitrogen and oxygen atoms in total. The van der Waals surface area contributed by atoms with Crippen molar-refractivity contribution < 1.29 is 19.1 Å². The van der Waals surface area contributed by atoms with Crippen molar-refractivity contribution in [3.8, 4) is 0 Å². The van der Waals surface area contributed by atoms with E-state index in [1.807, 2.05) is 0 Å². The predicted octanol–water partition coefficient (Wildman–Crippen LogP) is 0.811. The Labute approximate surface area is 76.5 Å². The van der Waals surface area contributed by atoms with Crippen LogP contribution in [0.1, 0.15) is 20.3 Å². The molecule has 1 atom stereocenters. The molecule has 1 aliphatic carbocycles. The highest BCUT2D eigenvalue weighted by atomic mass is 16.5. The maximum atomic E-state index is 11.4. The molecule has 0 radical (unpaired) electrons. The Hall–Kier alpha value is -1.32. The summed E-state index contributed by atoms with van der Waals surface area (Å²) in [4.78, 5) is 22.0. The second-order valence-electron chi connectivity index (χ2n) is 2.92. The van der Waals surface area contributed by atoms with E-state index in [9.17, 15) is 9.59 Å². The molecule has 0 amide bonds. The van der Waals surface area contributed by atoms with Crippen molar-refractivity contribution in [2.75, 3.05) is 7.11 Å². The van der Waals surface area contributed by atoms with Crippen LogP contribution >= 0.6 is 0 Å². The Morgan fingerprint density at radius 1 is 1.54 bits per heavy atom. The molecular formula is C9H12O4. The fourth-order valence-corrected chi connectivity index (χ4v) is 1.33. The van der Waals surface area contributed by atoms with Gasteiger partial charge in [-0.3, -0.25) is 9.59 Å². The molecule has 0 heterocycles. The quantitative estimate of drug-likeness (QED) is 0.596. The van der Waals surface area contributed by atoms with Crippen LogP contribution in [0.3, 0.4) is 0 Å². The fraction of sp³-hybridized carbons (Fsp3) is 0.556. The van der Waals surface area contributed by atoms with Crippen LogP contribution in [0.15, 0.2) is 11.3 Å². The number of esters is 1. The lowest BCUT2D eigenvalue weighted by Crippen LogP contribution is -2.22. The minimum Gasteiger partial charge on any atom is -0.501 e. The first-order valence-corrected chi connectivity index (χ1v) is 4.01. The number of methoxy groups -OCH3 is 1. The van der Waals surface area contributed by atoms with Gasteiger partial charge in [-0.2, -0.15) is 0 Å². The van der Waals surface area contributed by atoms with Crippen molar-refractivity contribution in [1.82, 2.24) is 0 Å². The summed E-state index contributed by atoms with van der Waals surface area (Å²) < 4.78 is 9.79. The zero-order valence-corrected chi connectivity index (χ0v) is 7.92. The second-order valence-corrected chi connectivity index (χ2v) is 2.92. The molecule has 72 valence electrons. The highest BCUT2D eigenvalue weighted by Gasteiger charge is 2.33. The van der Waals surface area contributed by atoms with Gasteiger partial charge < -0.3 is 9.47 Å². The van der Waals surface area contributed by atoms with Gasteiger partial charge in [0.1, 0.15) is 5.76 Å². The summed E-state index contributed by atoms with van der Waals surface area (Å²) in [5.41, 5.74) is 0.550. The summed E-state index contributed by atoms with van der Waals surface area (Å²) in [6.07, 6.45) is -0.312. The number of carbonyl (C=O) groups is 2. The number of ether oxygens (including phenoxy) is 2. The van der Waals surface area contributed by atoms with E-state index in [1.165, 1.54) is 14.0 Å². The second kappa shape index (κ2) is 3.60. The zero-order chi connectivity index (χ0) is 10.0. The van der Waals surface area contributed by atoms with E-state index in [0.29, 0.717) is 17.8 Å². The van der Waals surface area contributed by atoms with Crippen molar-refractivity contribution in [2.45, 2.75) is 26.4 Å². The SMILES string of the molecule is COC1=C(C)C(=O)C(OC(C)=O)C1. The maximum Gasteiger partial charge on any atom is 0.303 e. The highest BCUT2D eigenvalue weighted by Crippen LogP contribution is 2.25. The molecule has 0 aromatic carbocycles. The topological polar surface area (TPSA) is 52.6 Å². The average molecular weight is 184 g/mol. The molecule has 4 heteroatoms. The van der Waals surface area contributed by atoms with E-state index in [2.05, 4.69) is 0 Å². The molecule has 0 aromatic rings. The number of hydrogen-bond acceptors (Lipinski definition) is 4. The van der Waals surface area contributed by atoms with Crippen LogP contribution in [-0.4, -0.2) is 25.0 Å². The largest absolute Gasteiger partial charge is 0.501 e. The molecule has 1 unspecified atom stereocenters. The van der Waals surface area contributed by atoms with E-state index in [4.69, 9.17) is 9.47 Å². The van der Waals surface area contributed by atoms with Crippen LogP contribution in [0.4, 0.5) is 0 Å². The summed E-state index contributed by atoms with van der Waals surface area (Å²) in [7, 11) is 1.50. The number of ketones is 1. The Balaban J connectivity index is 2.70. The van der Waals surface area contributed by atoms with Gasteiger partial charge in [0.05, 0.1) is 13.5 Å². The van der Waals surface area contributed by atoms with Crippen molar-refractivity contribution in [3.63, 3.8) is 0 Å². The molecular weight excluding hydrogens is 172 g/mol. The Morgan fingerprint density at radius 2 is 2.15 bits per heavy atom. The average Bonchev–Trinajstić information content (AvgIpc) is 2.32. The first-order valence-electron chi connectivity index (χ1n) is 4.01. The van der Waals surface area contributed by atoms with Crippen molar-refractivity contribution in [1.29, 1.82) is 0 Å². The number of hydrogen-bond donors (Lipinski definition) is 0. The van der Waals surface area contributed by atoms with Crippen LogP contribution in [-0.2, 0) is 19.1 Å². The lowest BCUT2D eigenvalue weighted by Gasteiger charge is -2.08. The molecule has 1 rings (SSSR count).